The van der Waals surface area contributed by atoms with Crippen LogP contribution >= 0.6 is 0 Å². The van der Waals surface area contributed by atoms with E-state index in [4.69, 9.17) is 9.47 Å². The van der Waals surface area contributed by atoms with E-state index in [1.807, 2.05) is 52.0 Å². The Balaban J connectivity index is 2.50. The molecule has 0 heterocycles. The first-order valence-electron chi connectivity index (χ1n) is 12.3. The zero-order chi connectivity index (χ0) is 27.8. The standard InChI is InChI=1S/C27H39N3O6S/c1-8-20(4)28-27(32)23(9-2)29(17-21-13-11-10-12-19(21)3)26(31)18-30(37(7,33)34)22-14-15-24(35-5)25(16-22)36-6/h10-16,20,23H,8-9,17-18H2,1-7H3,(H,28,32)/t20-,23+/m0/s1. The number of benzene rings is 2. The van der Waals surface area contributed by atoms with E-state index in [0.29, 0.717) is 17.9 Å². The predicted molar refractivity (Wildman–Crippen MR) is 145 cm³/mol. The second-order valence-electron chi connectivity index (χ2n) is 9.00. The molecular weight excluding hydrogens is 494 g/mol. The van der Waals surface area contributed by atoms with Crippen molar-refractivity contribution in [1.82, 2.24) is 10.2 Å². The first-order valence-corrected chi connectivity index (χ1v) is 14.2. The van der Waals surface area contributed by atoms with Crippen molar-refractivity contribution >= 4 is 27.5 Å². The Hall–Kier alpha value is -3.27. The number of amides is 2. The molecule has 0 unspecified atom stereocenters. The Morgan fingerprint density at radius 1 is 1.00 bits per heavy atom. The van der Waals surface area contributed by atoms with E-state index in [2.05, 4.69) is 5.32 Å². The molecule has 0 aliphatic heterocycles. The zero-order valence-electron chi connectivity index (χ0n) is 22.8. The van der Waals surface area contributed by atoms with Crippen LogP contribution in [0.3, 0.4) is 0 Å². The van der Waals surface area contributed by atoms with Gasteiger partial charge in [0.25, 0.3) is 0 Å². The van der Waals surface area contributed by atoms with Gasteiger partial charge in [-0.15, -0.1) is 0 Å². The fraction of sp³-hybridized carbons (Fsp3) is 0.481. The number of nitrogens with one attached hydrogen (secondary N) is 1. The number of hydrogen-bond donors (Lipinski definition) is 1. The van der Waals surface area contributed by atoms with Gasteiger partial charge in [0.15, 0.2) is 11.5 Å². The van der Waals surface area contributed by atoms with Crippen LogP contribution in [0.5, 0.6) is 11.5 Å². The summed E-state index contributed by atoms with van der Waals surface area (Å²) >= 11 is 0. The maximum Gasteiger partial charge on any atom is 0.244 e. The van der Waals surface area contributed by atoms with Crippen molar-refractivity contribution in [2.45, 2.75) is 59.2 Å². The van der Waals surface area contributed by atoms with Crippen molar-refractivity contribution in [3.05, 3.63) is 53.6 Å². The normalized spacial score (nSPS) is 12.8. The molecule has 1 N–H and O–H groups in total. The molecule has 2 aromatic rings. The van der Waals surface area contributed by atoms with E-state index in [0.717, 1.165) is 28.1 Å². The van der Waals surface area contributed by atoms with E-state index in [1.165, 1.54) is 25.2 Å². The van der Waals surface area contributed by atoms with Crippen LogP contribution < -0.4 is 19.1 Å². The minimum Gasteiger partial charge on any atom is -0.493 e. The largest absolute Gasteiger partial charge is 0.493 e. The highest BCUT2D eigenvalue weighted by Crippen LogP contribution is 2.32. The fourth-order valence-corrected chi connectivity index (χ4v) is 4.77. The highest BCUT2D eigenvalue weighted by atomic mass is 32.2. The van der Waals surface area contributed by atoms with Crippen LogP contribution in [0.25, 0.3) is 0 Å². The number of nitrogens with zero attached hydrogens (tertiary/aromatic N) is 2. The Morgan fingerprint density at radius 2 is 1.65 bits per heavy atom. The molecule has 0 fully saturated rings. The third kappa shape index (κ3) is 7.85. The van der Waals surface area contributed by atoms with Gasteiger partial charge >= 0.3 is 0 Å². The van der Waals surface area contributed by atoms with Crippen LogP contribution in [0.15, 0.2) is 42.5 Å². The predicted octanol–water partition coefficient (Wildman–Crippen LogP) is 3.50. The van der Waals surface area contributed by atoms with Gasteiger partial charge in [-0.3, -0.25) is 13.9 Å². The minimum absolute atomic E-state index is 0.0590. The number of ether oxygens (including phenoxy) is 2. The number of anilines is 1. The summed E-state index contributed by atoms with van der Waals surface area (Å²) in [5.74, 6) is 0.00243. The fourth-order valence-electron chi connectivity index (χ4n) is 3.93. The lowest BCUT2D eigenvalue weighted by Crippen LogP contribution is -2.53. The summed E-state index contributed by atoms with van der Waals surface area (Å²) in [7, 11) is -0.931. The third-order valence-corrected chi connectivity index (χ3v) is 7.46. The quantitative estimate of drug-likeness (QED) is 0.423. The van der Waals surface area contributed by atoms with Gasteiger partial charge in [0.05, 0.1) is 26.2 Å². The molecule has 9 nitrogen and oxygen atoms in total. The van der Waals surface area contributed by atoms with Gasteiger partial charge in [-0.25, -0.2) is 8.42 Å². The first kappa shape index (κ1) is 30.0. The molecule has 2 amide bonds. The van der Waals surface area contributed by atoms with E-state index in [9.17, 15) is 18.0 Å². The van der Waals surface area contributed by atoms with E-state index in [1.54, 1.807) is 12.1 Å². The van der Waals surface area contributed by atoms with Gasteiger partial charge in [0.2, 0.25) is 21.8 Å². The lowest BCUT2D eigenvalue weighted by molar-refractivity contribution is -0.140. The summed E-state index contributed by atoms with van der Waals surface area (Å²) in [4.78, 5) is 28.5. The maximum atomic E-state index is 13.8. The number of sulfonamides is 1. The molecule has 0 aliphatic rings. The zero-order valence-corrected chi connectivity index (χ0v) is 23.6. The van der Waals surface area contributed by atoms with Crippen LogP contribution in [0.2, 0.25) is 0 Å². The van der Waals surface area contributed by atoms with Gasteiger partial charge < -0.3 is 19.7 Å². The van der Waals surface area contributed by atoms with Gasteiger partial charge in [-0.05, 0) is 49.9 Å². The summed E-state index contributed by atoms with van der Waals surface area (Å²) in [5, 5.41) is 2.96. The first-order chi connectivity index (χ1) is 17.5. The van der Waals surface area contributed by atoms with Crippen LogP contribution in [0.1, 0.15) is 44.7 Å². The van der Waals surface area contributed by atoms with Crippen molar-refractivity contribution in [2.75, 3.05) is 31.3 Å². The number of carbonyl (C=O) groups excluding carboxylic acids is 2. The average molecular weight is 534 g/mol. The molecule has 0 bridgehead atoms. The molecule has 2 aromatic carbocycles. The van der Waals surface area contributed by atoms with Gasteiger partial charge in [0.1, 0.15) is 12.6 Å². The lowest BCUT2D eigenvalue weighted by Gasteiger charge is -2.33. The Morgan fingerprint density at radius 3 is 2.19 bits per heavy atom. The molecule has 0 spiro atoms. The monoisotopic (exact) mass is 533 g/mol. The summed E-state index contributed by atoms with van der Waals surface area (Å²) < 4.78 is 37.2. The minimum atomic E-state index is -3.86. The number of rotatable bonds is 13. The topological polar surface area (TPSA) is 105 Å². The highest BCUT2D eigenvalue weighted by Gasteiger charge is 2.32. The van der Waals surface area contributed by atoms with Crippen molar-refractivity contribution in [2.24, 2.45) is 0 Å². The van der Waals surface area contributed by atoms with Crippen LogP contribution in [0.4, 0.5) is 5.69 Å². The second-order valence-corrected chi connectivity index (χ2v) is 10.9. The van der Waals surface area contributed by atoms with Crippen LogP contribution in [-0.2, 0) is 26.2 Å². The maximum absolute atomic E-state index is 13.8. The Labute approximate surface area is 220 Å². The summed E-state index contributed by atoms with van der Waals surface area (Å²) in [6.07, 6.45) is 2.15. The van der Waals surface area contributed by atoms with Gasteiger partial charge in [-0.1, -0.05) is 38.1 Å². The molecule has 0 saturated heterocycles. The van der Waals surface area contributed by atoms with E-state index >= 15 is 0 Å². The van der Waals surface area contributed by atoms with Crippen LogP contribution in [-0.4, -0.2) is 64.2 Å². The van der Waals surface area contributed by atoms with Gasteiger partial charge in [0, 0.05) is 18.7 Å². The summed E-state index contributed by atoms with van der Waals surface area (Å²) in [6.45, 7) is 7.33. The number of methoxy groups -OCH3 is 2. The molecular formula is C27H39N3O6S. The summed E-state index contributed by atoms with van der Waals surface area (Å²) in [6, 6.07) is 11.4. The molecule has 37 heavy (non-hydrogen) atoms. The molecule has 10 heteroatoms. The van der Waals surface area contributed by atoms with E-state index in [-0.39, 0.29) is 24.2 Å². The highest BCUT2D eigenvalue weighted by molar-refractivity contribution is 7.92. The molecule has 204 valence electrons. The number of carbonyl (C=O) groups is 2. The SMILES string of the molecule is CC[C@H](C(=O)N[C@@H](C)CC)N(Cc1ccccc1C)C(=O)CN(c1ccc(OC)c(OC)c1)S(C)(=O)=O. The van der Waals surface area contributed by atoms with E-state index < -0.39 is 28.5 Å². The number of hydrogen-bond acceptors (Lipinski definition) is 6. The van der Waals surface area contributed by atoms with Crippen molar-refractivity contribution in [1.29, 1.82) is 0 Å². The smallest absolute Gasteiger partial charge is 0.244 e. The molecule has 2 atom stereocenters. The summed E-state index contributed by atoms with van der Waals surface area (Å²) in [5.41, 5.74) is 2.10. The number of aryl methyl sites for hydroxylation is 1. The molecule has 2 rings (SSSR count). The Kier molecular flexibility index (Phi) is 10.8. The Bertz CT molecular complexity index is 1180. The van der Waals surface area contributed by atoms with Gasteiger partial charge in [-0.2, -0.15) is 0 Å². The van der Waals surface area contributed by atoms with Crippen molar-refractivity contribution in [3.8, 4) is 11.5 Å². The molecule has 0 saturated carbocycles. The lowest BCUT2D eigenvalue weighted by atomic mass is 10.1. The molecule has 0 aliphatic carbocycles. The van der Waals surface area contributed by atoms with Crippen LogP contribution in [0, 0.1) is 6.92 Å². The molecule has 0 aromatic heterocycles. The average Bonchev–Trinajstić information content (AvgIpc) is 2.86. The molecule has 0 radical (unpaired) electrons. The van der Waals surface area contributed by atoms with Crippen molar-refractivity contribution in [3.63, 3.8) is 0 Å². The third-order valence-electron chi connectivity index (χ3n) is 6.32. The second kappa shape index (κ2) is 13.3. The van der Waals surface area contributed by atoms with Crippen molar-refractivity contribution < 1.29 is 27.5 Å².